The predicted octanol–water partition coefficient (Wildman–Crippen LogP) is 3.08. The topological polar surface area (TPSA) is 25.8 Å². The van der Waals surface area contributed by atoms with Crippen molar-refractivity contribution in [2.75, 3.05) is 0 Å². The van der Waals surface area contributed by atoms with Gasteiger partial charge in [0, 0.05) is 11.8 Å². The first-order valence-corrected chi connectivity index (χ1v) is 4.44. The summed E-state index contributed by atoms with van der Waals surface area (Å²) in [6.45, 7) is 0. The van der Waals surface area contributed by atoms with E-state index in [1.54, 1.807) is 6.07 Å². The molecule has 15 heavy (non-hydrogen) atoms. The van der Waals surface area contributed by atoms with Gasteiger partial charge >= 0.3 is 0 Å². The number of hydrogen-bond acceptors (Lipinski definition) is 2. The number of hydrogen-bond donors (Lipinski definition) is 0. The highest BCUT2D eigenvalue weighted by Gasteiger charge is 2.11. The zero-order chi connectivity index (χ0) is 10.7. The van der Waals surface area contributed by atoms with E-state index in [1.165, 1.54) is 6.20 Å². The van der Waals surface area contributed by atoms with Crippen molar-refractivity contribution in [3.63, 3.8) is 0 Å². The van der Waals surface area contributed by atoms with Gasteiger partial charge in [-0.05, 0) is 6.07 Å². The number of halogens is 2. The minimum absolute atomic E-state index is 0.434. The minimum atomic E-state index is -2.63. The van der Waals surface area contributed by atoms with Crippen LogP contribution in [0.25, 0.3) is 11.3 Å². The van der Waals surface area contributed by atoms with Crippen LogP contribution in [-0.2, 0) is 0 Å². The van der Waals surface area contributed by atoms with E-state index in [0.717, 1.165) is 5.56 Å². The molecule has 0 unspecified atom stereocenters. The minimum Gasteiger partial charge on any atom is -0.236 e. The van der Waals surface area contributed by atoms with E-state index in [9.17, 15) is 8.78 Å². The molecular weight excluding hydrogens is 198 g/mol. The second-order valence-electron chi connectivity index (χ2n) is 2.97. The number of alkyl halides is 2. The molecular formula is C11H8F2N2. The smallest absolute Gasteiger partial charge is 0.236 e. The highest BCUT2D eigenvalue weighted by molar-refractivity contribution is 5.58. The molecule has 1 heterocycles. The van der Waals surface area contributed by atoms with Crippen molar-refractivity contribution in [3.8, 4) is 11.3 Å². The van der Waals surface area contributed by atoms with Crippen molar-refractivity contribution in [1.82, 2.24) is 9.97 Å². The third-order valence-electron chi connectivity index (χ3n) is 1.94. The van der Waals surface area contributed by atoms with E-state index in [0.29, 0.717) is 5.69 Å². The van der Waals surface area contributed by atoms with E-state index in [-0.39, 0.29) is 0 Å². The highest BCUT2D eigenvalue weighted by atomic mass is 19.3. The summed E-state index contributed by atoms with van der Waals surface area (Å²) in [6.07, 6.45) is -1.29. The van der Waals surface area contributed by atoms with Gasteiger partial charge in [0.1, 0.15) is 0 Å². The molecule has 76 valence electrons. The Bertz CT molecular complexity index is 443. The normalized spacial score (nSPS) is 10.6. The number of benzene rings is 1. The third-order valence-corrected chi connectivity index (χ3v) is 1.94. The fraction of sp³-hybridized carbons (Fsp3) is 0.0909. The first-order chi connectivity index (χ1) is 7.27. The zero-order valence-electron chi connectivity index (χ0n) is 7.77. The summed E-state index contributed by atoms with van der Waals surface area (Å²) in [5, 5.41) is 0. The fourth-order valence-electron chi connectivity index (χ4n) is 1.25. The van der Waals surface area contributed by atoms with E-state index < -0.39 is 12.2 Å². The number of aromatic nitrogens is 2. The summed E-state index contributed by atoms with van der Waals surface area (Å²) in [5.41, 5.74) is 1.32. The summed E-state index contributed by atoms with van der Waals surface area (Å²) >= 11 is 0. The fourth-order valence-corrected chi connectivity index (χ4v) is 1.25. The van der Waals surface area contributed by atoms with E-state index >= 15 is 0 Å². The van der Waals surface area contributed by atoms with Crippen LogP contribution in [0.3, 0.4) is 0 Å². The Labute approximate surface area is 85.6 Å². The summed E-state index contributed by atoms with van der Waals surface area (Å²) < 4.78 is 24.7. The Kier molecular flexibility index (Phi) is 2.67. The van der Waals surface area contributed by atoms with Crippen LogP contribution in [0, 0.1) is 0 Å². The van der Waals surface area contributed by atoms with Crippen molar-refractivity contribution in [1.29, 1.82) is 0 Å². The molecule has 0 aliphatic rings. The van der Waals surface area contributed by atoms with Gasteiger partial charge in [-0.1, -0.05) is 30.3 Å². The van der Waals surface area contributed by atoms with Gasteiger partial charge < -0.3 is 0 Å². The molecule has 0 saturated heterocycles. The lowest BCUT2D eigenvalue weighted by atomic mass is 10.1. The molecule has 1 aromatic heterocycles. The van der Waals surface area contributed by atoms with Gasteiger partial charge in [-0.3, -0.25) is 0 Å². The Hall–Kier alpha value is -1.84. The van der Waals surface area contributed by atoms with Crippen molar-refractivity contribution in [2.24, 2.45) is 0 Å². The van der Waals surface area contributed by atoms with Crippen LogP contribution in [0.2, 0.25) is 0 Å². The third kappa shape index (κ3) is 2.15. The summed E-state index contributed by atoms with van der Waals surface area (Å²) in [6, 6.07) is 10.8. The zero-order valence-corrected chi connectivity index (χ0v) is 7.77. The summed E-state index contributed by atoms with van der Waals surface area (Å²) in [4.78, 5) is 7.28. The monoisotopic (exact) mass is 206 g/mol. The predicted molar refractivity (Wildman–Crippen MR) is 52.4 cm³/mol. The van der Waals surface area contributed by atoms with Crippen LogP contribution < -0.4 is 0 Å². The quantitative estimate of drug-likeness (QED) is 0.754. The molecule has 0 radical (unpaired) electrons. The second-order valence-corrected chi connectivity index (χ2v) is 2.97. The van der Waals surface area contributed by atoms with E-state index in [4.69, 9.17) is 0 Å². The molecule has 0 saturated carbocycles. The Balaban J connectivity index is 2.42. The maximum Gasteiger partial charge on any atom is 0.297 e. The van der Waals surface area contributed by atoms with Gasteiger partial charge in [0.15, 0.2) is 5.82 Å². The lowest BCUT2D eigenvalue weighted by molar-refractivity contribution is 0.140. The lowest BCUT2D eigenvalue weighted by Crippen LogP contribution is -1.95. The Morgan fingerprint density at radius 3 is 2.40 bits per heavy atom. The van der Waals surface area contributed by atoms with Crippen LogP contribution in [0.15, 0.2) is 42.6 Å². The molecule has 4 heteroatoms. The highest BCUT2D eigenvalue weighted by Crippen LogP contribution is 2.19. The SMILES string of the molecule is FC(F)c1nccc(-c2ccccc2)n1. The largest absolute Gasteiger partial charge is 0.297 e. The van der Waals surface area contributed by atoms with Crippen molar-refractivity contribution < 1.29 is 8.78 Å². The van der Waals surface area contributed by atoms with Gasteiger partial charge in [0.05, 0.1) is 5.69 Å². The molecule has 0 aliphatic carbocycles. The molecule has 2 aromatic rings. The van der Waals surface area contributed by atoms with Crippen LogP contribution in [0.1, 0.15) is 12.2 Å². The average Bonchev–Trinajstić information content (AvgIpc) is 2.30. The molecule has 2 nitrogen and oxygen atoms in total. The maximum atomic E-state index is 12.3. The van der Waals surface area contributed by atoms with Crippen molar-refractivity contribution in [2.45, 2.75) is 6.43 Å². The summed E-state index contributed by atoms with van der Waals surface area (Å²) in [5.74, 6) is -0.434. The van der Waals surface area contributed by atoms with E-state index in [2.05, 4.69) is 9.97 Å². The van der Waals surface area contributed by atoms with Crippen molar-refractivity contribution in [3.05, 3.63) is 48.4 Å². The van der Waals surface area contributed by atoms with E-state index in [1.807, 2.05) is 30.3 Å². The number of nitrogens with zero attached hydrogens (tertiary/aromatic N) is 2. The molecule has 0 fully saturated rings. The first kappa shape index (κ1) is 9.71. The molecule has 2 rings (SSSR count). The molecule has 0 amide bonds. The number of rotatable bonds is 2. The summed E-state index contributed by atoms with van der Waals surface area (Å²) in [7, 11) is 0. The second kappa shape index (κ2) is 4.13. The van der Waals surface area contributed by atoms with Crippen LogP contribution in [0.5, 0.6) is 0 Å². The Morgan fingerprint density at radius 1 is 1.00 bits per heavy atom. The first-order valence-electron chi connectivity index (χ1n) is 4.44. The molecule has 0 atom stereocenters. The molecule has 0 spiro atoms. The maximum absolute atomic E-state index is 12.3. The van der Waals surface area contributed by atoms with Gasteiger partial charge in [-0.25, -0.2) is 18.7 Å². The molecule has 1 aromatic carbocycles. The standard InChI is InChI=1S/C11H8F2N2/c12-10(13)11-14-7-6-9(15-11)8-4-2-1-3-5-8/h1-7,10H. The van der Waals surface area contributed by atoms with Gasteiger partial charge in [-0.15, -0.1) is 0 Å². The lowest BCUT2D eigenvalue weighted by Gasteiger charge is -2.02. The van der Waals surface area contributed by atoms with Crippen LogP contribution in [0.4, 0.5) is 8.78 Å². The van der Waals surface area contributed by atoms with Crippen LogP contribution in [-0.4, -0.2) is 9.97 Å². The van der Waals surface area contributed by atoms with Gasteiger partial charge in [0.2, 0.25) is 0 Å². The van der Waals surface area contributed by atoms with Crippen LogP contribution >= 0.6 is 0 Å². The molecule has 0 N–H and O–H groups in total. The van der Waals surface area contributed by atoms with Crippen molar-refractivity contribution >= 4 is 0 Å². The molecule has 0 bridgehead atoms. The van der Waals surface area contributed by atoms with Gasteiger partial charge in [0.25, 0.3) is 6.43 Å². The average molecular weight is 206 g/mol. The Morgan fingerprint density at radius 2 is 1.73 bits per heavy atom. The molecule has 0 aliphatic heterocycles. The van der Waals surface area contributed by atoms with Gasteiger partial charge in [-0.2, -0.15) is 0 Å².